The fraction of sp³-hybridized carbons (Fsp3) is 0.444. The van der Waals surface area contributed by atoms with Crippen LogP contribution in [0.3, 0.4) is 0 Å². The number of hydrogen-bond acceptors (Lipinski definition) is 4. The van der Waals surface area contributed by atoms with Gasteiger partial charge in [0.25, 0.3) is 0 Å². The number of fused-ring (bicyclic) bond motifs is 1. The molecule has 1 aromatic heterocycles. The van der Waals surface area contributed by atoms with Gasteiger partial charge < -0.3 is 14.8 Å². The van der Waals surface area contributed by atoms with Crippen molar-refractivity contribution >= 4 is 11.7 Å². The Morgan fingerprint density at radius 3 is 2.88 bits per heavy atom. The Bertz CT molecular complexity index is 767. The first-order chi connectivity index (χ1) is 11.5. The first-order valence-electron chi connectivity index (χ1n) is 8.19. The van der Waals surface area contributed by atoms with E-state index < -0.39 is 0 Å². The molecule has 1 N–H and O–H groups in total. The second kappa shape index (κ2) is 6.55. The van der Waals surface area contributed by atoms with Crippen LogP contribution in [-0.4, -0.2) is 29.4 Å². The summed E-state index contributed by atoms with van der Waals surface area (Å²) in [5, 5.41) is 7.37. The van der Waals surface area contributed by atoms with E-state index in [0.29, 0.717) is 18.8 Å². The Morgan fingerprint density at radius 1 is 1.38 bits per heavy atom. The number of nitrogens with zero attached hydrogens (tertiary/aromatic N) is 2. The van der Waals surface area contributed by atoms with Gasteiger partial charge in [0.05, 0.1) is 19.4 Å². The number of carbonyl (C=O) groups excluding carboxylic acids is 1. The summed E-state index contributed by atoms with van der Waals surface area (Å²) in [5.74, 6) is 2.16. The topological polar surface area (TPSA) is 65.4 Å². The Kier molecular flexibility index (Phi) is 4.46. The van der Waals surface area contributed by atoms with Crippen molar-refractivity contribution in [3.05, 3.63) is 35.0 Å². The molecule has 0 aliphatic carbocycles. The van der Waals surface area contributed by atoms with Gasteiger partial charge in [-0.15, -0.1) is 0 Å². The van der Waals surface area contributed by atoms with Crippen LogP contribution in [0.4, 0.5) is 5.82 Å². The number of benzene rings is 1. The van der Waals surface area contributed by atoms with Gasteiger partial charge in [0.2, 0.25) is 5.91 Å². The molecule has 0 saturated carbocycles. The van der Waals surface area contributed by atoms with Crippen LogP contribution in [0, 0.1) is 6.92 Å². The first kappa shape index (κ1) is 16.4. The van der Waals surface area contributed by atoms with E-state index in [1.807, 2.05) is 32.2 Å². The number of methoxy groups -OCH3 is 1. The van der Waals surface area contributed by atoms with Crippen LogP contribution < -0.4 is 14.8 Å². The SMILES string of the molecule is CCCOc1ccc(C2CC(=O)Nc3c2c(C)nn3C)cc1OC. The highest BCUT2D eigenvalue weighted by molar-refractivity contribution is 5.94. The van der Waals surface area contributed by atoms with E-state index in [2.05, 4.69) is 17.3 Å². The number of hydrogen-bond donors (Lipinski definition) is 1. The monoisotopic (exact) mass is 329 g/mol. The van der Waals surface area contributed by atoms with E-state index in [4.69, 9.17) is 9.47 Å². The smallest absolute Gasteiger partial charge is 0.226 e. The molecule has 1 atom stereocenters. The van der Waals surface area contributed by atoms with Crippen LogP contribution in [0.1, 0.15) is 42.5 Å². The van der Waals surface area contributed by atoms with Crippen molar-refractivity contribution in [1.29, 1.82) is 0 Å². The molecular weight excluding hydrogens is 306 g/mol. The zero-order chi connectivity index (χ0) is 17.3. The van der Waals surface area contributed by atoms with Crippen molar-refractivity contribution in [3.63, 3.8) is 0 Å². The van der Waals surface area contributed by atoms with Gasteiger partial charge in [0.1, 0.15) is 5.82 Å². The minimum Gasteiger partial charge on any atom is -0.493 e. The van der Waals surface area contributed by atoms with Gasteiger partial charge >= 0.3 is 0 Å². The number of aryl methyl sites for hydroxylation is 2. The second-order valence-corrected chi connectivity index (χ2v) is 6.03. The molecule has 2 aromatic rings. The molecule has 0 radical (unpaired) electrons. The van der Waals surface area contributed by atoms with Crippen LogP contribution in [0.5, 0.6) is 11.5 Å². The maximum absolute atomic E-state index is 12.1. The third-order valence-electron chi connectivity index (χ3n) is 4.32. The molecule has 1 aromatic carbocycles. The highest BCUT2D eigenvalue weighted by Gasteiger charge is 2.32. The Morgan fingerprint density at radius 2 is 2.17 bits per heavy atom. The van der Waals surface area contributed by atoms with Gasteiger partial charge in [-0.1, -0.05) is 13.0 Å². The highest BCUT2D eigenvalue weighted by atomic mass is 16.5. The lowest BCUT2D eigenvalue weighted by Crippen LogP contribution is -2.24. The van der Waals surface area contributed by atoms with Crippen molar-refractivity contribution in [2.24, 2.45) is 7.05 Å². The predicted octanol–water partition coefficient (Wildman–Crippen LogP) is 3.00. The van der Waals surface area contributed by atoms with Gasteiger partial charge in [-0.25, -0.2) is 0 Å². The van der Waals surface area contributed by atoms with Crippen molar-refractivity contribution < 1.29 is 14.3 Å². The molecule has 1 aliphatic rings. The van der Waals surface area contributed by atoms with E-state index >= 15 is 0 Å². The number of carbonyl (C=O) groups is 1. The number of nitrogens with one attached hydrogen (secondary N) is 1. The summed E-state index contributed by atoms with van der Waals surface area (Å²) in [5.41, 5.74) is 3.03. The summed E-state index contributed by atoms with van der Waals surface area (Å²) in [6.07, 6.45) is 1.34. The van der Waals surface area contributed by atoms with Crippen LogP contribution in [0.15, 0.2) is 18.2 Å². The minimum atomic E-state index is -0.0309. The lowest BCUT2D eigenvalue weighted by atomic mass is 9.85. The van der Waals surface area contributed by atoms with E-state index in [-0.39, 0.29) is 11.8 Å². The lowest BCUT2D eigenvalue weighted by Gasteiger charge is -2.24. The predicted molar refractivity (Wildman–Crippen MR) is 91.8 cm³/mol. The molecule has 0 spiro atoms. The molecular formula is C18H23N3O3. The van der Waals surface area contributed by atoms with Crippen molar-refractivity contribution in [3.8, 4) is 11.5 Å². The van der Waals surface area contributed by atoms with Crippen LogP contribution in [0.2, 0.25) is 0 Å². The van der Waals surface area contributed by atoms with E-state index in [1.54, 1.807) is 11.8 Å². The highest BCUT2D eigenvalue weighted by Crippen LogP contribution is 2.41. The molecule has 1 amide bonds. The fourth-order valence-electron chi connectivity index (χ4n) is 3.23. The van der Waals surface area contributed by atoms with E-state index in [9.17, 15) is 4.79 Å². The molecule has 0 fully saturated rings. The van der Waals surface area contributed by atoms with Gasteiger partial charge in [0.15, 0.2) is 11.5 Å². The maximum Gasteiger partial charge on any atom is 0.226 e. The molecule has 24 heavy (non-hydrogen) atoms. The average Bonchev–Trinajstić information content (AvgIpc) is 2.86. The van der Waals surface area contributed by atoms with Crippen LogP contribution in [-0.2, 0) is 11.8 Å². The molecule has 6 nitrogen and oxygen atoms in total. The number of aromatic nitrogens is 2. The van der Waals surface area contributed by atoms with Crippen LogP contribution in [0.25, 0.3) is 0 Å². The number of rotatable bonds is 5. The van der Waals surface area contributed by atoms with Crippen molar-refractivity contribution in [2.75, 3.05) is 19.0 Å². The van der Waals surface area contributed by atoms with Gasteiger partial charge in [0, 0.05) is 24.9 Å². The normalized spacial score (nSPS) is 16.5. The maximum atomic E-state index is 12.1. The summed E-state index contributed by atoms with van der Waals surface area (Å²) in [4.78, 5) is 12.1. The third kappa shape index (κ3) is 2.84. The van der Waals surface area contributed by atoms with Crippen molar-refractivity contribution in [2.45, 2.75) is 32.6 Å². The second-order valence-electron chi connectivity index (χ2n) is 6.03. The summed E-state index contributed by atoms with van der Waals surface area (Å²) in [6, 6.07) is 5.89. The Balaban J connectivity index is 2.02. The zero-order valence-electron chi connectivity index (χ0n) is 14.5. The molecule has 1 aliphatic heterocycles. The van der Waals surface area contributed by atoms with Gasteiger partial charge in [-0.2, -0.15) is 5.10 Å². The number of ether oxygens (including phenoxy) is 2. The summed E-state index contributed by atoms with van der Waals surface area (Å²) < 4.78 is 12.9. The van der Waals surface area contributed by atoms with Gasteiger partial charge in [-0.3, -0.25) is 9.48 Å². The minimum absolute atomic E-state index is 0.000719. The number of anilines is 1. The molecule has 0 bridgehead atoms. The lowest BCUT2D eigenvalue weighted by molar-refractivity contribution is -0.116. The average molecular weight is 329 g/mol. The van der Waals surface area contributed by atoms with E-state index in [1.165, 1.54) is 0 Å². The molecule has 6 heteroatoms. The summed E-state index contributed by atoms with van der Waals surface area (Å²) in [6.45, 7) is 4.68. The standard InChI is InChI=1S/C18H23N3O3/c1-5-8-24-14-7-6-12(9-15(14)23-4)13-10-16(22)19-18-17(13)11(2)20-21(18)3/h6-7,9,13H,5,8,10H2,1-4H3,(H,19,22). The first-order valence-corrected chi connectivity index (χ1v) is 8.19. The Hall–Kier alpha value is -2.50. The van der Waals surface area contributed by atoms with Crippen LogP contribution >= 0.6 is 0 Å². The fourth-order valence-corrected chi connectivity index (χ4v) is 3.23. The summed E-state index contributed by atoms with van der Waals surface area (Å²) >= 11 is 0. The molecule has 1 unspecified atom stereocenters. The third-order valence-corrected chi connectivity index (χ3v) is 4.32. The van der Waals surface area contributed by atoms with E-state index in [0.717, 1.165) is 34.8 Å². The number of amides is 1. The van der Waals surface area contributed by atoms with Gasteiger partial charge in [-0.05, 0) is 31.0 Å². The zero-order valence-corrected chi connectivity index (χ0v) is 14.5. The molecule has 128 valence electrons. The van der Waals surface area contributed by atoms with Crippen molar-refractivity contribution in [1.82, 2.24) is 9.78 Å². The molecule has 2 heterocycles. The molecule has 3 rings (SSSR count). The largest absolute Gasteiger partial charge is 0.493 e. The quantitative estimate of drug-likeness (QED) is 0.916. The Labute approximate surface area is 141 Å². The molecule has 0 saturated heterocycles. The summed E-state index contributed by atoms with van der Waals surface area (Å²) in [7, 11) is 3.48.